The van der Waals surface area contributed by atoms with Crippen molar-refractivity contribution in [2.24, 2.45) is 0 Å². The van der Waals surface area contributed by atoms with E-state index in [0.29, 0.717) is 10.3 Å². The Morgan fingerprint density at radius 2 is 2.07 bits per heavy atom. The molecule has 1 aromatic carbocycles. The first-order chi connectivity index (χ1) is 7.20. The lowest BCUT2D eigenvalue weighted by molar-refractivity contribution is -0.584. The van der Waals surface area contributed by atoms with Gasteiger partial charge >= 0.3 is 5.97 Å². The smallest absolute Gasteiger partial charge is 0.340 e. The SMILES string of the molecule is O=C(O)C1OC[N+](=O)C1c1ccccc1. The summed E-state index contributed by atoms with van der Waals surface area (Å²) in [6.45, 7) is -0.198. The van der Waals surface area contributed by atoms with E-state index >= 15 is 0 Å². The molecule has 0 spiro atoms. The van der Waals surface area contributed by atoms with Crippen molar-refractivity contribution in [2.45, 2.75) is 12.1 Å². The first-order valence-corrected chi connectivity index (χ1v) is 4.53. The highest BCUT2D eigenvalue weighted by atomic mass is 16.6. The van der Waals surface area contributed by atoms with Crippen LogP contribution in [-0.4, -0.2) is 28.7 Å². The predicted octanol–water partition coefficient (Wildman–Crippen LogP) is 0.948. The minimum Gasteiger partial charge on any atom is -0.479 e. The standard InChI is InChI=1S/C10H9NO4/c12-10(13)9-8(11(14)6-15-9)7-4-2-1-3-5-7/h1-5,8-9H,6H2/p+1. The summed E-state index contributed by atoms with van der Waals surface area (Å²) in [6.07, 6.45) is -1.08. The van der Waals surface area contributed by atoms with Gasteiger partial charge in [0.2, 0.25) is 6.10 Å². The number of nitrogens with zero attached hydrogens (tertiary/aromatic N) is 1. The number of rotatable bonds is 2. The van der Waals surface area contributed by atoms with E-state index in [4.69, 9.17) is 9.84 Å². The Morgan fingerprint density at radius 3 is 2.67 bits per heavy atom. The van der Waals surface area contributed by atoms with Crippen LogP contribution in [0.1, 0.15) is 11.6 Å². The van der Waals surface area contributed by atoms with Crippen LogP contribution in [0.2, 0.25) is 0 Å². The summed E-state index contributed by atoms with van der Waals surface area (Å²) in [5.74, 6) is -1.11. The summed E-state index contributed by atoms with van der Waals surface area (Å²) in [6, 6.07) is 8.04. The second-order valence-corrected chi connectivity index (χ2v) is 3.33. The summed E-state index contributed by atoms with van der Waals surface area (Å²) in [5.41, 5.74) is 0.664. The molecule has 1 aromatic rings. The maximum Gasteiger partial charge on any atom is 0.340 e. The van der Waals surface area contributed by atoms with Crippen molar-refractivity contribution in [1.29, 1.82) is 0 Å². The maximum absolute atomic E-state index is 11.4. The van der Waals surface area contributed by atoms with Crippen molar-refractivity contribution in [3.05, 3.63) is 40.8 Å². The van der Waals surface area contributed by atoms with Gasteiger partial charge in [0.25, 0.3) is 12.8 Å². The Hall–Kier alpha value is -1.75. The van der Waals surface area contributed by atoms with Crippen LogP contribution in [0.5, 0.6) is 0 Å². The lowest BCUT2D eigenvalue weighted by Gasteiger charge is -2.06. The molecule has 78 valence electrons. The number of carboxylic acid groups (broad SMARTS) is 1. The van der Waals surface area contributed by atoms with E-state index < -0.39 is 18.1 Å². The molecule has 0 saturated carbocycles. The van der Waals surface area contributed by atoms with E-state index in [0.717, 1.165) is 0 Å². The zero-order valence-electron chi connectivity index (χ0n) is 7.87. The molecule has 1 fully saturated rings. The van der Waals surface area contributed by atoms with Gasteiger partial charge in [-0.25, -0.2) is 4.79 Å². The van der Waals surface area contributed by atoms with E-state index in [1.54, 1.807) is 24.3 Å². The summed E-state index contributed by atoms with van der Waals surface area (Å²) in [4.78, 5) is 22.3. The van der Waals surface area contributed by atoms with Crippen LogP contribution in [0.4, 0.5) is 0 Å². The fourth-order valence-corrected chi connectivity index (χ4v) is 1.67. The molecular formula is C10H10NO4+. The molecule has 1 aliphatic heterocycles. The summed E-state index contributed by atoms with van der Waals surface area (Å²) < 4.78 is 5.55. The van der Waals surface area contributed by atoms with Crippen LogP contribution in [0, 0.1) is 4.91 Å². The third-order valence-corrected chi connectivity index (χ3v) is 2.36. The van der Waals surface area contributed by atoms with Crippen LogP contribution >= 0.6 is 0 Å². The lowest BCUT2D eigenvalue weighted by Crippen LogP contribution is -2.27. The molecule has 1 saturated heterocycles. The van der Waals surface area contributed by atoms with Gasteiger partial charge in [-0.3, -0.25) is 4.74 Å². The number of hydrogen-bond donors (Lipinski definition) is 1. The van der Waals surface area contributed by atoms with Gasteiger partial charge in [0.05, 0.1) is 0 Å². The van der Waals surface area contributed by atoms with E-state index in [1.165, 1.54) is 0 Å². The molecule has 0 radical (unpaired) electrons. The monoisotopic (exact) mass is 208 g/mol. The van der Waals surface area contributed by atoms with Gasteiger partial charge in [0.1, 0.15) is 0 Å². The average molecular weight is 208 g/mol. The van der Waals surface area contributed by atoms with Crippen molar-refractivity contribution < 1.29 is 19.4 Å². The van der Waals surface area contributed by atoms with Crippen molar-refractivity contribution in [3.63, 3.8) is 0 Å². The van der Waals surface area contributed by atoms with Crippen LogP contribution in [-0.2, 0) is 9.53 Å². The highest BCUT2D eigenvalue weighted by molar-refractivity contribution is 5.73. The van der Waals surface area contributed by atoms with Crippen molar-refractivity contribution >= 4 is 5.97 Å². The highest BCUT2D eigenvalue weighted by Crippen LogP contribution is 2.28. The number of benzene rings is 1. The Balaban J connectivity index is 2.33. The third kappa shape index (κ3) is 1.73. The molecule has 5 nitrogen and oxygen atoms in total. The van der Waals surface area contributed by atoms with Crippen molar-refractivity contribution in [3.8, 4) is 0 Å². The van der Waals surface area contributed by atoms with E-state index in [-0.39, 0.29) is 6.73 Å². The Morgan fingerprint density at radius 1 is 1.40 bits per heavy atom. The normalized spacial score (nSPS) is 25.5. The first kappa shape index (κ1) is 9.79. The Bertz CT molecular complexity index is 390. The molecule has 2 atom stereocenters. The van der Waals surface area contributed by atoms with Gasteiger partial charge in [0.15, 0.2) is 0 Å². The molecule has 5 heteroatoms. The van der Waals surface area contributed by atoms with Gasteiger partial charge < -0.3 is 5.11 Å². The van der Waals surface area contributed by atoms with Gasteiger partial charge in [-0.1, -0.05) is 30.3 Å². The van der Waals surface area contributed by atoms with Crippen LogP contribution in [0.3, 0.4) is 0 Å². The van der Waals surface area contributed by atoms with E-state index in [2.05, 4.69) is 0 Å². The maximum atomic E-state index is 11.4. The van der Waals surface area contributed by atoms with Gasteiger partial charge in [0, 0.05) is 15.2 Å². The molecule has 2 unspecified atom stereocenters. The second kappa shape index (κ2) is 3.78. The minimum absolute atomic E-state index is 0.198. The number of carboxylic acids is 1. The van der Waals surface area contributed by atoms with Gasteiger partial charge in [-0.15, -0.1) is 0 Å². The van der Waals surface area contributed by atoms with Gasteiger partial charge in [-0.05, 0) is 0 Å². The molecule has 1 aliphatic rings. The number of ether oxygens (including phenoxy) is 1. The fourth-order valence-electron chi connectivity index (χ4n) is 1.67. The minimum atomic E-state index is -1.11. The zero-order valence-corrected chi connectivity index (χ0v) is 7.87. The summed E-state index contributed by atoms with van der Waals surface area (Å²) in [5, 5.41) is 8.87. The van der Waals surface area contributed by atoms with Crippen LogP contribution < -0.4 is 0 Å². The molecule has 1 N–H and O–H groups in total. The first-order valence-electron chi connectivity index (χ1n) is 4.53. The number of hydrogen-bond acceptors (Lipinski definition) is 3. The molecule has 1 heterocycles. The molecule has 0 aliphatic carbocycles. The largest absolute Gasteiger partial charge is 0.479 e. The number of aliphatic carboxylic acids is 1. The third-order valence-electron chi connectivity index (χ3n) is 2.36. The average Bonchev–Trinajstić information content (AvgIpc) is 2.61. The number of nitroso groups, excluding NO2 is 1. The molecular weight excluding hydrogens is 198 g/mol. The summed E-state index contributed by atoms with van der Waals surface area (Å²) >= 11 is 0. The highest BCUT2D eigenvalue weighted by Gasteiger charge is 2.48. The topological polar surface area (TPSA) is 66.6 Å². The molecule has 15 heavy (non-hydrogen) atoms. The Kier molecular flexibility index (Phi) is 2.47. The van der Waals surface area contributed by atoms with Crippen molar-refractivity contribution in [1.82, 2.24) is 0 Å². The Labute approximate surface area is 85.9 Å². The number of carbonyl (C=O) groups is 1. The van der Waals surface area contributed by atoms with E-state index in [9.17, 15) is 9.70 Å². The van der Waals surface area contributed by atoms with Gasteiger partial charge in [-0.2, -0.15) is 0 Å². The summed E-state index contributed by atoms with van der Waals surface area (Å²) in [7, 11) is 0. The zero-order chi connectivity index (χ0) is 10.8. The van der Waals surface area contributed by atoms with E-state index in [1.807, 2.05) is 6.07 Å². The van der Waals surface area contributed by atoms with Crippen LogP contribution in [0.15, 0.2) is 30.3 Å². The molecule has 0 aromatic heterocycles. The predicted molar refractivity (Wildman–Crippen MR) is 50.2 cm³/mol. The molecule has 2 rings (SSSR count). The molecule has 0 amide bonds. The fraction of sp³-hybridized carbons (Fsp3) is 0.300. The lowest BCUT2D eigenvalue weighted by atomic mass is 10.0. The van der Waals surface area contributed by atoms with Crippen molar-refractivity contribution in [2.75, 3.05) is 6.73 Å². The molecule has 0 bridgehead atoms. The second-order valence-electron chi connectivity index (χ2n) is 3.33. The van der Waals surface area contributed by atoms with Crippen LogP contribution in [0.25, 0.3) is 0 Å². The quantitative estimate of drug-likeness (QED) is 0.735.